The van der Waals surface area contributed by atoms with Crippen LogP contribution in [0.4, 0.5) is 4.39 Å². The Kier molecular flexibility index (Phi) is 5.58. The van der Waals surface area contributed by atoms with Crippen molar-refractivity contribution in [1.82, 2.24) is 4.90 Å². The van der Waals surface area contributed by atoms with Crippen molar-refractivity contribution in [3.05, 3.63) is 35.1 Å². The summed E-state index contributed by atoms with van der Waals surface area (Å²) in [5.74, 6) is 5.07. The van der Waals surface area contributed by atoms with Gasteiger partial charge in [-0.25, -0.2) is 4.39 Å². The van der Waals surface area contributed by atoms with Gasteiger partial charge in [0.05, 0.1) is 0 Å². The Balaban J connectivity index is 2.09. The molecule has 0 bridgehead atoms. The lowest BCUT2D eigenvalue weighted by atomic mass is 9.99. The number of likely N-dealkylation sites (tertiary alicyclic amines) is 1. The van der Waals surface area contributed by atoms with Crippen molar-refractivity contribution in [2.45, 2.75) is 45.2 Å². The third-order valence-electron chi connectivity index (χ3n) is 3.96. The third-order valence-corrected chi connectivity index (χ3v) is 3.96. The van der Waals surface area contributed by atoms with Gasteiger partial charge in [-0.05, 0) is 37.9 Å². The summed E-state index contributed by atoms with van der Waals surface area (Å²) in [5.41, 5.74) is 1.35. The number of hydrogen-bond donors (Lipinski definition) is 1. The number of aliphatic hydroxyl groups is 1. The molecule has 1 N–H and O–H groups in total. The van der Waals surface area contributed by atoms with Crippen molar-refractivity contribution in [2.24, 2.45) is 0 Å². The summed E-state index contributed by atoms with van der Waals surface area (Å²) in [5, 5.41) is 8.65. The second kappa shape index (κ2) is 7.42. The van der Waals surface area contributed by atoms with Crippen LogP contribution in [0.5, 0.6) is 0 Å². The van der Waals surface area contributed by atoms with Crippen molar-refractivity contribution in [2.75, 3.05) is 13.2 Å². The quantitative estimate of drug-likeness (QED) is 0.857. The molecule has 1 fully saturated rings. The van der Waals surface area contributed by atoms with Crippen LogP contribution in [0.2, 0.25) is 0 Å². The first-order valence-electron chi connectivity index (χ1n) is 7.36. The van der Waals surface area contributed by atoms with Crippen molar-refractivity contribution in [3.8, 4) is 11.8 Å². The molecular formula is C17H22FNO. The topological polar surface area (TPSA) is 23.5 Å². The first-order valence-corrected chi connectivity index (χ1v) is 7.36. The summed E-state index contributed by atoms with van der Waals surface area (Å²) in [6.45, 7) is 3.74. The monoisotopic (exact) mass is 275 g/mol. The lowest BCUT2D eigenvalue weighted by molar-refractivity contribution is 0.134. The minimum Gasteiger partial charge on any atom is -0.384 e. The van der Waals surface area contributed by atoms with Gasteiger partial charge in [-0.3, -0.25) is 4.90 Å². The van der Waals surface area contributed by atoms with E-state index in [2.05, 4.69) is 23.7 Å². The summed E-state index contributed by atoms with van der Waals surface area (Å²) in [6.07, 6.45) is 4.84. The van der Waals surface area contributed by atoms with E-state index in [1.54, 1.807) is 0 Å². The van der Waals surface area contributed by atoms with Crippen molar-refractivity contribution in [3.63, 3.8) is 0 Å². The number of aliphatic hydroxyl groups excluding tert-OH is 1. The Labute approximate surface area is 120 Å². The number of hydrogen-bond acceptors (Lipinski definition) is 2. The van der Waals surface area contributed by atoms with Crippen LogP contribution >= 0.6 is 0 Å². The summed E-state index contributed by atoms with van der Waals surface area (Å²) >= 11 is 0. The maximum absolute atomic E-state index is 14.1. The van der Waals surface area contributed by atoms with E-state index in [-0.39, 0.29) is 12.4 Å². The molecule has 108 valence electrons. The lowest BCUT2D eigenvalue weighted by Gasteiger charge is -2.35. The van der Waals surface area contributed by atoms with E-state index in [1.165, 1.54) is 25.3 Å². The molecule has 0 spiro atoms. The number of benzene rings is 1. The molecule has 0 saturated carbocycles. The highest BCUT2D eigenvalue weighted by Gasteiger charge is 2.21. The highest BCUT2D eigenvalue weighted by Crippen LogP contribution is 2.22. The Morgan fingerprint density at radius 3 is 2.95 bits per heavy atom. The molecule has 1 aliphatic heterocycles. The van der Waals surface area contributed by atoms with Crippen LogP contribution in [-0.2, 0) is 6.54 Å². The van der Waals surface area contributed by atoms with Gasteiger partial charge in [0.1, 0.15) is 12.4 Å². The molecule has 0 amide bonds. The Bertz CT molecular complexity index is 503. The third kappa shape index (κ3) is 3.82. The van der Waals surface area contributed by atoms with E-state index >= 15 is 0 Å². The van der Waals surface area contributed by atoms with E-state index in [0.717, 1.165) is 18.5 Å². The summed E-state index contributed by atoms with van der Waals surface area (Å²) in [7, 11) is 0. The maximum Gasteiger partial charge on any atom is 0.128 e. The average Bonchev–Trinajstić information content (AvgIpc) is 2.48. The van der Waals surface area contributed by atoms with E-state index in [0.29, 0.717) is 18.2 Å². The second-order valence-electron chi connectivity index (χ2n) is 5.29. The SMILES string of the molecule is CCC1CCCCN1Cc1ccc(C#CCO)cc1F. The van der Waals surface area contributed by atoms with E-state index in [1.807, 2.05) is 12.1 Å². The molecular weight excluding hydrogens is 253 g/mol. The molecule has 2 nitrogen and oxygen atoms in total. The van der Waals surface area contributed by atoms with Crippen LogP contribution in [0.3, 0.4) is 0 Å². The Morgan fingerprint density at radius 2 is 2.25 bits per heavy atom. The van der Waals surface area contributed by atoms with E-state index in [4.69, 9.17) is 5.11 Å². The van der Waals surface area contributed by atoms with Crippen LogP contribution in [-0.4, -0.2) is 29.2 Å². The molecule has 0 aromatic heterocycles. The predicted molar refractivity (Wildman–Crippen MR) is 78.7 cm³/mol. The van der Waals surface area contributed by atoms with Gasteiger partial charge < -0.3 is 5.11 Å². The fraction of sp³-hybridized carbons (Fsp3) is 0.529. The normalized spacial score (nSPS) is 19.4. The van der Waals surface area contributed by atoms with Gasteiger partial charge >= 0.3 is 0 Å². The zero-order valence-electron chi connectivity index (χ0n) is 12.0. The largest absolute Gasteiger partial charge is 0.384 e. The standard InChI is InChI=1S/C17H22FNO/c1-2-16-7-3-4-10-19(16)13-15-9-8-14(6-5-11-20)12-17(15)18/h8-9,12,16,20H,2-4,7,10-11,13H2,1H3. The summed E-state index contributed by atoms with van der Waals surface area (Å²) < 4.78 is 14.1. The molecule has 0 radical (unpaired) electrons. The summed E-state index contributed by atoms with van der Waals surface area (Å²) in [6, 6.07) is 5.68. The number of nitrogens with zero attached hydrogens (tertiary/aromatic N) is 1. The Hall–Kier alpha value is -1.37. The molecule has 1 aliphatic rings. The van der Waals surface area contributed by atoms with Crippen LogP contribution in [0, 0.1) is 17.7 Å². The highest BCUT2D eigenvalue weighted by molar-refractivity contribution is 5.37. The maximum atomic E-state index is 14.1. The fourth-order valence-electron chi connectivity index (χ4n) is 2.84. The fourth-order valence-corrected chi connectivity index (χ4v) is 2.84. The number of halogens is 1. The number of piperidine rings is 1. The van der Waals surface area contributed by atoms with Gasteiger partial charge in [0.2, 0.25) is 0 Å². The van der Waals surface area contributed by atoms with Gasteiger partial charge in [-0.1, -0.05) is 31.3 Å². The molecule has 1 aromatic carbocycles. The molecule has 0 aliphatic carbocycles. The average molecular weight is 275 g/mol. The minimum absolute atomic E-state index is 0.199. The first-order chi connectivity index (χ1) is 9.74. The van der Waals surface area contributed by atoms with Crippen molar-refractivity contribution in [1.29, 1.82) is 0 Å². The minimum atomic E-state index is -0.199. The lowest BCUT2D eigenvalue weighted by Crippen LogP contribution is -2.38. The molecule has 1 heterocycles. The zero-order valence-corrected chi connectivity index (χ0v) is 12.0. The molecule has 20 heavy (non-hydrogen) atoms. The number of rotatable bonds is 3. The van der Waals surface area contributed by atoms with Crippen LogP contribution in [0.15, 0.2) is 18.2 Å². The Morgan fingerprint density at radius 1 is 1.40 bits per heavy atom. The summed E-state index contributed by atoms with van der Waals surface area (Å²) in [4.78, 5) is 2.39. The van der Waals surface area contributed by atoms with E-state index < -0.39 is 0 Å². The first kappa shape index (κ1) is 15.0. The van der Waals surface area contributed by atoms with Gasteiger partial charge in [0, 0.05) is 23.7 Å². The predicted octanol–water partition coefficient (Wildman–Crippen LogP) is 2.93. The molecule has 3 heteroatoms. The van der Waals surface area contributed by atoms with Crippen LogP contribution < -0.4 is 0 Å². The molecule has 1 unspecified atom stereocenters. The van der Waals surface area contributed by atoms with E-state index in [9.17, 15) is 4.39 Å². The van der Waals surface area contributed by atoms with Gasteiger partial charge in [0.25, 0.3) is 0 Å². The molecule has 2 rings (SSSR count). The molecule has 1 aromatic rings. The van der Waals surface area contributed by atoms with Gasteiger partial charge in [-0.2, -0.15) is 0 Å². The molecule has 1 atom stereocenters. The molecule has 1 saturated heterocycles. The smallest absolute Gasteiger partial charge is 0.128 e. The van der Waals surface area contributed by atoms with Crippen molar-refractivity contribution < 1.29 is 9.50 Å². The zero-order chi connectivity index (χ0) is 14.4. The van der Waals surface area contributed by atoms with Crippen molar-refractivity contribution >= 4 is 0 Å². The van der Waals surface area contributed by atoms with Gasteiger partial charge in [0.15, 0.2) is 0 Å². The second-order valence-corrected chi connectivity index (χ2v) is 5.29. The van der Waals surface area contributed by atoms with Crippen LogP contribution in [0.1, 0.15) is 43.7 Å². The van der Waals surface area contributed by atoms with Gasteiger partial charge in [-0.15, -0.1) is 0 Å². The highest BCUT2D eigenvalue weighted by atomic mass is 19.1. The van der Waals surface area contributed by atoms with Crippen LogP contribution in [0.25, 0.3) is 0 Å².